The highest BCUT2D eigenvalue weighted by Crippen LogP contribution is 2.22. The van der Waals surface area contributed by atoms with Crippen molar-refractivity contribution in [2.24, 2.45) is 0 Å². The van der Waals surface area contributed by atoms with Crippen LogP contribution < -0.4 is 5.32 Å². The SMILES string of the molecule is CC(NC(=O)c1ccc(Cl)s1)c1nnc2ccccn12. The number of amides is 1. The predicted molar refractivity (Wildman–Crippen MR) is 78.2 cm³/mol. The zero-order valence-electron chi connectivity index (χ0n) is 10.6. The molecule has 0 aliphatic carbocycles. The number of aromatic nitrogens is 3. The maximum absolute atomic E-state index is 12.1. The second-order valence-electron chi connectivity index (χ2n) is 4.29. The highest BCUT2D eigenvalue weighted by Gasteiger charge is 2.17. The van der Waals surface area contributed by atoms with Gasteiger partial charge in [-0.25, -0.2) is 0 Å². The molecule has 0 aliphatic rings. The first kappa shape index (κ1) is 13.1. The molecule has 5 nitrogen and oxygen atoms in total. The maximum atomic E-state index is 12.1. The van der Waals surface area contributed by atoms with Crippen molar-refractivity contribution in [1.29, 1.82) is 0 Å². The summed E-state index contributed by atoms with van der Waals surface area (Å²) in [4.78, 5) is 12.7. The summed E-state index contributed by atoms with van der Waals surface area (Å²) in [5, 5.41) is 11.1. The van der Waals surface area contributed by atoms with E-state index in [0.717, 1.165) is 5.65 Å². The van der Waals surface area contributed by atoms with Gasteiger partial charge in [-0.2, -0.15) is 0 Å². The van der Waals surface area contributed by atoms with Crippen molar-refractivity contribution in [2.45, 2.75) is 13.0 Å². The lowest BCUT2D eigenvalue weighted by Gasteiger charge is -2.11. The van der Waals surface area contributed by atoms with Crippen LogP contribution >= 0.6 is 22.9 Å². The van der Waals surface area contributed by atoms with Gasteiger partial charge < -0.3 is 5.32 Å². The number of hydrogen-bond donors (Lipinski definition) is 1. The predicted octanol–water partition coefficient (Wildman–Crippen LogP) is 2.94. The molecule has 0 spiro atoms. The third-order valence-electron chi connectivity index (χ3n) is 2.87. The molecule has 7 heteroatoms. The van der Waals surface area contributed by atoms with E-state index in [1.165, 1.54) is 11.3 Å². The minimum absolute atomic E-state index is 0.165. The lowest BCUT2D eigenvalue weighted by Crippen LogP contribution is -2.27. The third kappa shape index (κ3) is 2.39. The molecule has 3 rings (SSSR count). The van der Waals surface area contributed by atoms with Crippen molar-refractivity contribution in [3.05, 3.63) is 51.6 Å². The highest BCUT2D eigenvalue weighted by atomic mass is 35.5. The van der Waals surface area contributed by atoms with Crippen LogP contribution in [0.1, 0.15) is 28.5 Å². The van der Waals surface area contributed by atoms with Crippen molar-refractivity contribution in [1.82, 2.24) is 19.9 Å². The Kier molecular flexibility index (Phi) is 3.42. The van der Waals surface area contributed by atoms with Gasteiger partial charge in [0.15, 0.2) is 11.5 Å². The van der Waals surface area contributed by atoms with E-state index in [2.05, 4.69) is 15.5 Å². The van der Waals surface area contributed by atoms with Gasteiger partial charge in [-0.1, -0.05) is 17.7 Å². The Bertz CT molecular complexity index is 766. The van der Waals surface area contributed by atoms with Crippen LogP contribution in [-0.4, -0.2) is 20.5 Å². The van der Waals surface area contributed by atoms with Gasteiger partial charge in [0.2, 0.25) is 0 Å². The Morgan fingerprint density at radius 2 is 2.20 bits per heavy atom. The van der Waals surface area contributed by atoms with Crippen LogP contribution in [0.25, 0.3) is 5.65 Å². The first-order valence-corrected chi connectivity index (χ1v) is 7.20. The van der Waals surface area contributed by atoms with E-state index >= 15 is 0 Å². The second-order valence-corrected chi connectivity index (χ2v) is 6.00. The van der Waals surface area contributed by atoms with Crippen LogP contribution in [0, 0.1) is 0 Å². The Morgan fingerprint density at radius 1 is 1.35 bits per heavy atom. The molecular formula is C13H11ClN4OS. The minimum atomic E-state index is -0.249. The zero-order chi connectivity index (χ0) is 14.1. The summed E-state index contributed by atoms with van der Waals surface area (Å²) in [6, 6.07) is 8.82. The number of pyridine rings is 1. The highest BCUT2D eigenvalue weighted by molar-refractivity contribution is 7.17. The molecule has 20 heavy (non-hydrogen) atoms. The van der Waals surface area contributed by atoms with Gasteiger partial charge in [0, 0.05) is 6.20 Å². The molecule has 0 aliphatic heterocycles. The van der Waals surface area contributed by atoms with Crippen LogP contribution in [0.3, 0.4) is 0 Å². The molecule has 0 saturated carbocycles. The van der Waals surface area contributed by atoms with Gasteiger partial charge in [0.05, 0.1) is 15.3 Å². The van der Waals surface area contributed by atoms with Gasteiger partial charge in [0.1, 0.15) is 0 Å². The molecule has 3 aromatic heterocycles. The minimum Gasteiger partial charge on any atom is -0.342 e. The number of halogens is 1. The molecule has 1 N–H and O–H groups in total. The first-order valence-electron chi connectivity index (χ1n) is 6.01. The second kappa shape index (κ2) is 5.22. The largest absolute Gasteiger partial charge is 0.342 e. The molecule has 102 valence electrons. The van der Waals surface area contributed by atoms with Gasteiger partial charge in [-0.3, -0.25) is 9.20 Å². The van der Waals surface area contributed by atoms with Gasteiger partial charge in [-0.15, -0.1) is 21.5 Å². The molecule has 3 heterocycles. The lowest BCUT2D eigenvalue weighted by atomic mass is 10.3. The molecule has 0 aromatic carbocycles. The normalized spacial score (nSPS) is 12.5. The summed E-state index contributed by atoms with van der Waals surface area (Å²) in [7, 11) is 0. The molecule has 0 radical (unpaired) electrons. The fraction of sp³-hybridized carbons (Fsp3) is 0.154. The summed E-state index contributed by atoms with van der Waals surface area (Å²) in [5.74, 6) is 0.527. The molecule has 1 amide bonds. The fourth-order valence-corrected chi connectivity index (χ4v) is 2.87. The average Bonchev–Trinajstić information content (AvgIpc) is 3.04. The van der Waals surface area contributed by atoms with Crippen LogP contribution in [0.15, 0.2) is 36.5 Å². The van der Waals surface area contributed by atoms with Crippen molar-refractivity contribution < 1.29 is 4.79 Å². The molecule has 3 aromatic rings. The van der Waals surface area contributed by atoms with Gasteiger partial charge in [-0.05, 0) is 31.2 Å². The number of nitrogens with one attached hydrogen (secondary N) is 1. The Balaban J connectivity index is 1.82. The molecular weight excluding hydrogens is 296 g/mol. The summed E-state index contributed by atoms with van der Waals surface area (Å²) >= 11 is 7.08. The Hall–Kier alpha value is -1.92. The van der Waals surface area contributed by atoms with E-state index in [1.54, 1.807) is 12.1 Å². The standard InChI is InChI=1S/C13H11ClN4OS/c1-8(15-13(19)9-5-6-10(14)20-9)12-17-16-11-4-2-3-7-18(11)12/h2-8H,1H3,(H,15,19). The van der Waals surface area contributed by atoms with Crippen LogP contribution in [0.4, 0.5) is 0 Å². The van der Waals surface area contributed by atoms with Crippen molar-refractivity contribution in [3.8, 4) is 0 Å². The summed E-state index contributed by atoms with van der Waals surface area (Å²) in [6.07, 6.45) is 1.87. The molecule has 1 atom stereocenters. The Morgan fingerprint density at radius 3 is 2.95 bits per heavy atom. The summed E-state index contributed by atoms with van der Waals surface area (Å²) in [6.45, 7) is 1.87. The number of carbonyl (C=O) groups is 1. The maximum Gasteiger partial charge on any atom is 0.261 e. The van der Waals surface area contributed by atoms with Crippen molar-refractivity contribution in [2.75, 3.05) is 0 Å². The van der Waals surface area contributed by atoms with E-state index in [0.29, 0.717) is 15.0 Å². The van der Waals surface area contributed by atoms with Gasteiger partial charge >= 0.3 is 0 Å². The van der Waals surface area contributed by atoms with E-state index in [-0.39, 0.29) is 11.9 Å². The van der Waals surface area contributed by atoms with Crippen LogP contribution in [-0.2, 0) is 0 Å². The molecule has 0 fully saturated rings. The quantitative estimate of drug-likeness (QED) is 0.809. The topological polar surface area (TPSA) is 59.3 Å². The summed E-state index contributed by atoms with van der Waals surface area (Å²) in [5.41, 5.74) is 0.753. The first-order chi connectivity index (χ1) is 9.65. The lowest BCUT2D eigenvalue weighted by molar-refractivity contribution is 0.0942. The summed E-state index contributed by atoms with van der Waals surface area (Å²) < 4.78 is 2.45. The number of rotatable bonds is 3. The number of fused-ring (bicyclic) bond motifs is 1. The number of nitrogens with zero attached hydrogens (tertiary/aromatic N) is 3. The van der Waals surface area contributed by atoms with Crippen LogP contribution in [0.2, 0.25) is 4.34 Å². The van der Waals surface area contributed by atoms with Crippen LogP contribution in [0.5, 0.6) is 0 Å². The number of thiophene rings is 1. The van der Waals surface area contributed by atoms with E-state index in [1.807, 2.05) is 35.7 Å². The fourth-order valence-electron chi connectivity index (χ4n) is 1.92. The molecule has 1 unspecified atom stereocenters. The van der Waals surface area contributed by atoms with Crippen molar-refractivity contribution >= 4 is 34.5 Å². The van der Waals surface area contributed by atoms with Crippen molar-refractivity contribution in [3.63, 3.8) is 0 Å². The third-order valence-corrected chi connectivity index (χ3v) is 4.10. The zero-order valence-corrected chi connectivity index (χ0v) is 12.1. The van der Waals surface area contributed by atoms with Gasteiger partial charge in [0.25, 0.3) is 5.91 Å². The smallest absolute Gasteiger partial charge is 0.261 e. The monoisotopic (exact) mass is 306 g/mol. The van der Waals surface area contributed by atoms with E-state index in [9.17, 15) is 4.79 Å². The molecule has 0 saturated heterocycles. The van der Waals surface area contributed by atoms with E-state index < -0.39 is 0 Å². The number of hydrogen-bond acceptors (Lipinski definition) is 4. The Labute approximate surface area is 124 Å². The average molecular weight is 307 g/mol. The number of carbonyl (C=O) groups excluding carboxylic acids is 1. The van der Waals surface area contributed by atoms with E-state index in [4.69, 9.17) is 11.6 Å². The molecule has 0 bridgehead atoms.